The van der Waals surface area contributed by atoms with Crippen molar-refractivity contribution in [3.05, 3.63) is 77.6 Å². The van der Waals surface area contributed by atoms with Crippen LogP contribution in [0.25, 0.3) is 11.4 Å². The summed E-state index contributed by atoms with van der Waals surface area (Å²) in [5.41, 5.74) is 2.53. The van der Waals surface area contributed by atoms with Gasteiger partial charge < -0.3 is 13.6 Å². The van der Waals surface area contributed by atoms with E-state index in [1.165, 1.54) is 25.1 Å². The Kier molecular flexibility index (Phi) is 5.53. The monoisotopic (exact) mass is 409 g/mol. The van der Waals surface area contributed by atoms with Gasteiger partial charge in [-0.3, -0.25) is 4.57 Å². The Hall–Kier alpha value is -3.26. The average molecular weight is 409 g/mol. The molecule has 0 N–H and O–H groups in total. The summed E-state index contributed by atoms with van der Waals surface area (Å²) in [7, 11) is 1.35. The average Bonchev–Trinajstić information content (AvgIpc) is 3.48. The molecule has 0 aliphatic heterocycles. The molecule has 0 amide bonds. The lowest BCUT2D eigenvalue weighted by Gasteiger charge is -2.10. The van der Waals surface area contributed by atoms with Gasteiger partial charge in [-0.25, -0.2) is 4.79 Å². The molecule has 0 radical (unpaired) electrons. The van der Waals surface area contributed by atoms with E-state index < -0.39 is 5.97 Å². The predicted molar refractivity (Wildman–Crippen MR) is 108 cm³/mol. The number of furan rings is 2. The van der Waals surface area contributed by atoms with Crippen molar-refractivity contribution in [1.29, 1.82) is 0 Å². The Morgan fingerprint density at radius 2 is 1.97 bits per heavy atom. The predicted octanol–water partition coefficient (Wildman–Crippen LogP) is 4.57. The van der Waals surface area contributed by atoms with Crippen molar-refractivity contribution in [3.8, 4) is 11.4 Å². The van der Waals surface area contributed by atoms with Crippen LogP contribution < -0.4 is 0 Å². The van der Waals surface area contributed by atoms with Crippen molar-refractivity contribution in [3.63, 3.8) is 0 Å². The zero-order chi connectivity index (χ0) is 20.2. The summed E-state index contributed by atoms with van der Waals surface area (Å²) in [4.78, 5) is 11.9. The summed E-state index contributed by atoms with van der Waals surface area (Å²) in [5.74, 6) is 2.09. The lowest BCUT2D eigenvalue weighted by atomic mass is 10.1. The minimum Gasteiger partial charge on any atom is -0.468 e. The number of hydrogen-bond donors (Lipinski definition) is 0. The van der Waals surface area contributed by atoms with Crippen molar-refractivity contribution >= 4 is 17.7 Å². The van der Waals surface area contributed by atoms with E-state index in [2.05, 4.69) is 10.2 Å². The molecule has 0 spiro atoms. The Morgan fingerprint density at radius 3 is 2.72 bits per heavy atom. The number of esters is 1. The van der Waals surface area contributed by atoms with Crippen LogP contribution in [-0.2, 0) is 17.0 Å². The van der Waals surface area contributed by atoms with E-state index >= 15 is 0 Å². The Balaban J connectivity index is 1.66. The molecule has 3 aromatic heterocycles. The molecule has 1 aromatic carbocycles. The molecular formula is C21H19N3O4S. The molecule has 4 rings (SSSR count). The fourth-order valence-electron chi connectivity index (χ4n) is 2.99. The molecule has 0 saturated heterocycles. The quantitative estimate of drug-likeness (QED) is 0.327. The zero-order valence-corrected chi connectivity index (χ0v) is 16.8. The first-order valence-electron chi connectivity index (χ1n) is 8.96. The number of carbonyl (C=O) groups is 1. The first kappa shape index (κ1) is 19.1. The van der Waals surface area contributed by atoms with Crippen LogP contribution in [0, 0.1) is 6.92 Å². The first-order valence-corrected chi connectivity index (χ1v) is 9.95. The third-order valence-corrected chi connectivity index (χ3v) is 5.45. The van der Waals surface area contributed by atoms with Crippen LogP contribution in [-0.4, -0.2) is 27.8 Å². The molecule has 0 fully saturated rings. The minimum atomic E-state index is -0.424. The second-order valence-corrected chi connectivity index (χ2v) is 7.27. The van der Waals surface area contributed by atoms with Crippen molar-refractivity contribution in [2.24, 2.45) is 0 Å². The number of rotatable bonds is 7. The number of thioether (sulfide) groups is 1. The van der Waals surface area contributed by atoms with Gasteiger partial charge in [0.2, 0.25) is 0 Å². The van der Waals surface area contributed by atoms with Crippen molar-refractivity contribution in [2.75, 3.05) is 7.11 Å². The highest BCUT2D eigenvalue weighted by molar-refractivity contribution is 7.98. The van der Waals surface area contributed by atoms with Gasteiger partial charge in [0, 0.05) is 5.56 Å². The van der Waals surface area contributed by atoms with E-state index in [0.717, 1.165) is 22.7 Å². The standard InChI is InChI=1S/C21H19N3O4S/c1-14-6-3-4-8-16(14)19-22-23-21(24(19)12-15-7-5-10-27-15)29-13-18-17(9-11-28-18)20(25)26-2/h3-11H,12-13H2,1-2H3. The Bertz CT molecular complexity index is 1110. The van der Waals surface area contributed by atoms with Gasteiger partial charge in [0.25, 0.3) is 0 Å². The highest BCUT2D eigenvalue weighted by Gasteiger charge is 2.20. The topological polar surface area (TPSA) is 83.3 Å². The Labute approximate surface area is 171 Å². The lowest BCUT2D eigenvalue weighted by molar-refractivity contribution is 0.0598. The molecule has 29 heavy (non-hydrogen) atoms. The van der Waals surface area contributed by atoms with E-state index in [0.29, 0.717) is 28.8 Å². The van der Waals surface area contributed by atoms with E-state index in [1.54, 1.807) is 12.3 Å². The fourth-order valence-corrected chi connectivity index (χ4v) is 3.88. The van der Waals surface area contributed by atoms with Gasteiger partial charge in [0.15, 0.2) is 11.0 Å². The summed E-state index contributed by atoms with van der Waals surface area (Å²) in [5, 5.41) is 9.52. The number of hydrogen-bond acceptors (Lipinski definition) is 7. The fraction of sp³-hybridized carbons (Fsp3) is 0.190. The van der Waals surface area contributed by atoms with Gasteiger partial charge in [-0.1, -0.05) is 36.0 Å². The maximum atomic E-state index is 11.9. The Morgan fingerprint density at radius 1 is 1.10 bits per heavy atom. The zero-order valence-electron chi connectivity index (χ0n) is 16.0. The van der Waals surface area contributed by atoms with E-state index in [1.807, 2.05) is 47.9 Å². The summed E-state index contributed by atoms with van der Waals surface area (Å²) < 4.78 is 17.8. The number of carbonyl (C=O) groups excluding carboxylic acids is 1. The second-order valence-electron chi connectivity index (χ2n) is 6.32. The molecule has 0 aliphatic carbocycles. The number of nitrogens with zero attached hydrogens (tertiary/aromatic N) is 3. The van der Waals surface area contributed by atoms with Crippen LogP contribution in [0.2, 0.25) is 0 Å². The summed E-state index contributed by atoms with van der Waals surface area (Å²) >= 11 is 1.44. The van der Waals surface area contributed by atoms with Gasteiger partial charge in [-0.2, -0.15) is 0 Å². The lowest BCUT2D eigenvalue weighted by Crippen LogP contribution is -2.05. The highest BCUT2D eigenvalue weighted by Crippen LogP contribution is 2.30. The molecule has 0 aliphatic rings. The number of aryl methyl sites for hydroxylation is 1. The normalized spacial score (nSPS) is 11.0. The van der Waals surface area contributed by atoms with Crippen LogP contribution in [0.1, 0.15) is 27.4 Å². The largest absolute Gasteiger partial charge is 0.468 e. The summed E-state index contributed by atoms with van der Waals surface area (Å²) in [6, 6.07) is 13.4. The van der Waals surface area contributed by atoms with Crippen LogP contribution >= 0.6 is 11.8 Å². The molecule has 7 nitrogen and oxygen atoms in total. The molecule has 0 saturated carbocycles. The maximum Gasteiger partial charge on any atom is 0.341 e. The van der Waals surface area contributed by atoms with E-state index in [4.69, 9.17) is 13.6 Å². The maximum absolute atomic E-state index is 11.9. The molecule has 3 heterocycles. The van der Waals surface area contributed by atoms with E-state index in [9.17, 15) is 4.79 Å². The number of ether oxygens (including phenoxy) is 1. The molecule has 8 heteroatoms. The van der Waals surface area contributed by atoms with E-state index in [-0.39, 0.29) is 0 Å². The van der Waals surface area contributed by atoms with Crippen molar-refractivity contribution in [2.45, 2.75) is 24.4 Å². The molecule has 4 aromatic rings. The van der Waals surface area contributed by atoms with Crippen LogP contribution in [0.4, 0.5) is 0 Å². The molecule has 0 unspecified atom stereocenters. The third kappa shape index (κ3) is 3.97. The third-order valence-electron chi connectivity index (χ3n) is 4.48. The van der Waals surface area contributed by atoms with Gasteiger partial charge in [-0.05, 0) is 30.7 Å². The molecule has 148 valence electrons. The number of aromatic nitrogens is 3. The van der Waals surface area contributed by atoms with Gasteiger partial charge in [-0.15, -0.1) is 10.2 Å². The number of methoxy groups -OCH3 is 1. The van der Waals surface area contributed by atoms with Gasteiger partial charge in [0.1, 0.15) is 17.1 Å². The highest BCUT2D eigenvalue weighted by atomic mass is 32.2. The first-order chi connectivity index (χ1) is 14.2. The minimum absolute atomic E-state index is 0.413. The van der Waals surface area contributed by atoms with Crippen molar-refractivity contribution < 1.29 is 18.4 Å². The molecule has 0 atom stereocenters. The smallest absolute Gasteiger partial charge is 0.341 e. The van der Waals surface area contributed by atoms with Crippen LogP contribution in [0.5, 0.6) is 0 Å². The van der Waals surface area contributed by atoms with Crippen LogP contribution in [0.3, 0.4) is 0 Å². The van der Waals surface area contributed by atoms with Crippen LogP contribution in [0.15, 0.2) is 69.0 Å². The SMILES string of the molecule is COC(=O)c1ccoc1CSc1nnc(-c2ccccc2C)n1Cc1ccco1. The van der Waals surface area contributed by atoms with Gasteiger partial charge >= 0.3 is 5.97 Å². The molecular weight excluding hydrogens is 390 g/mol. The number of benzene rings is 1. The van der Waals surface area contributed by atoms with Crippen molar-refractivity contribution in [1.82, 2.24) is 14.8 Å². The molecule has 0 bridgehead atoms. The van der Waals surface area contributed by atoms with Gasteiger partial charge in [0.05, 0.1) is 31.9 Å². The second kappa shape index (κ2) is 8.40. The summed E-state index contributed by atoms with van der Waals surface area (Å²) in [6.07, 6.45) is 3.12. The summed E-state index contributed by atoms with van der Waals surface area (Å²) in [6.45, 7) is 2.54.